The summed E-state index contributed by atoms with van der Waals surface area (Å²) < 4.78 is 1.58. The highest BCUT2D eigenvalue weighted by molar-refractivity contribution is 5.77. The Bertz CT molecular complexity index is 1170. The van der Waals surface area contributed by atoms with Crippen molar-refractivity contribution >= 4 is 16.7 Å². The zero-order valence-electron chi connectivity index (χ0n) is 15.2. The number of aliphatic hydroxyl groups excluding tert-OH is 1. The summed E-state index contributed by atoms with van der Waals surface area (Å²) in [7, 11) is 0. The molecule has 6 nitrogen and oxygen atoms in total. The number of hydrogen-bond donors (Lipinski definition) is 2. The Morgan fingerprint density at radius 3 is 2.64 bits per heavy atom. The quantitative estimate of drug-likeness (QED) is 0.525. The molecule has 0 aliphatic heterocycles. The number of nitrogen functional groups attached to an aromatic ring is 1. The fraction of sp³-hybridized carbons (Fsp3) is 0.136. The molecule has 28 heavy (non-hydrogen) atoms. The molecule has 1 unspecified atom stereocenters. The lowest BCUT2D eigenvalue weighted by atomic mass is 10.0. The van der Waals surface area contributed by atoms with E-state index in [0.717, 1.165) is 10.9 Å². The Kier molecular flexibility index (Phi) is 4.87. The van der Waals surface area contributed by atoms with E-state index in [1.54, 1.807) is 47.4 Å². The summed E-state index contributed by atoms with van der Waals surface area (Å²) in [4.78, 5) is 21.6. The number of anilines is 1. The molecule has 3 aromatic heterocycles. The molecule has 4 aromatic rings. The highest BCUT2D eigenvalue weighted by atomic mass is 16.3. The van der Waals surface area contributed by atoms with Crippen molar-refractivity contribution in [3.8, 4) is 5.69 Å². The van der Waals surface area contributed by atoms with Crippen molar-refractivity contribution in [2.45, 2.75) is 18.9 Å². The summed E-state index contributed by atoms with van der Waals surface area (Å²) in [5.74, 6) is 0. The lowest BCUT2D eigenvalue weighted by Gasteiger charge is -2.14. The van der Waals surface area contributed by atoms with Gasteiger partial charge in [-0.15, -0.1) is 0 Å². The van der Waals surface area contributed by atoms with Crippen molar-refractivity contribution < 1.29 is 5.11 Å². The van der Waals surface area contributed by atoms with Gasteiger partial charge >= 0.3 is 0 Å². The van der Waals surface area contributed by atoms with E-state index in [1.165, 1.54) is 0 Å². The summed E-state index contributed by atoms with van der Waals surface area (Å²) >= 11 is 0. The van der Waals surface area contributed by atoms with Crippen LogP contribution in [0.4, 0.5) is 5.69 Å². The molecule has 6 heteroatoms. The summed E-state index contributed by atoms with van der Waals surface area (Å²) in [5.41, 5.74) is 9.00. The van der Waals surface area contributed by atoms with Gasteiger partial charge in [-0.3, -0.25) is 14.3 Å². The van der Waals surface area contributed by atoms with Gasteiger partial charge in [0, 0.05) is 35.2 Å². The number of aliphatic hydroxyl groups is 1. The average molecular weight is 372 g/mol. The van der Waals surface area contributed by atoms with Gasteiger partial charge in [-0.05, 0) is 66.9 Å². The van der Waals surface area contributed by atoms with Gasteiger partial charge in [0.2, 0.25) is 0 Å². The molecular weight excluding hydrogens is 352 g/mol. The molecule has 0 fully saturated rings. The standard InChI is InChI=1S/C22H20N4O2/c23-18-4-1-5-19(14-18)26-21-16(3-2-10-25-21)13-17(22(26)28)6-7-20(27)15-8-11-24-12-9-15/h1-5,8-14,20,27H,6-7,23H2. The maximum absolute atomic E-state index is 13.2. The molecule has 140 valence electrons. The first-order valence-electron chi connectivity index (χ1n) is 9.07. The smallest absolute Gasteiger partial charge is 0.259 e. The summed E-state index contributed by atoms with van der Waals surface area (Å²) in [5, 5.41) is 11.3. The van der Waals surface area contributed by atoms with Gasteiger partial charge in [0.05, 0.1) is 11.8 Å². The SMILES string of the molecule is Nc1cccc(-n2c(=O)c(CCC(O)c3ccncc3)cc3cccnc32)c1. The predicted molar refractivity (Wildman–Crippen MR) is 109 cm³/mol. The molecule has 3 N–H and O–H groups in total. The van der Waals surface area contributed by atoms with Crippen LogP contribution in [0.3, 0.4) is 0 Å². The number of pyridine rings is 3. The first-order chi connectivity index (χ1) is 13.6. The number of rotatable bonds is 5. The van der Waals surface area contributed by atoms with Crippen LogP contribution in [0, 0.1) is 0 Å². The first kappa shape index (κ1) is 17.9. The second-order valence-electron chi connectivity index (χ2n) is 6.66. The van der Waals surface area contributed by atoms with Gasteiger partial charge in [-0.2, -0.15) is 0 Å². The first-order valence-corrected chi connectivity index (χ1v) is 9.07. The van der Waals surface area contributed by atoms with Gasteiger partial charge in [0.15, 0.2) is 0 Å². The highest BCUT2D eigenvalue weighted by Crippen LogP contribution is 2.21. The maximum Gasteiger partial charge on any atom is 0.259 e. The Labute approximate surface area is 161 Å². The van der Waals surface area contributed by atoms with Crippen molar-refractivity contribution in [1.82, 2.24) is 14.5 Å². The molecule has 0 radical (unpaired) electrons. The zero-order valence-corrected chi connectivity index (χ0v) is 15.2. The van der Waals surface area contributed by atoms with E-state index >= 15 is 0 Å². The molecule has 0 bridgehead atoms. The summed E-state index contributed by atoms with van der Waals surface area (Å²) in [6.45, 7) is 0. The molecule has 1 aromatic carbocycles. The Balaban J connectivity index is 1.75. The van der Waals surface area contributed by atoms with Crippen molar-refractivity contribution in [3.05, 3.63) is 94.7 Å². The monoisotopic (exact) mass is 372 g/mol. The van der Waals surface area contributed by atoms with Crippen LogP contribution in [0.15, 0.2) is 78.0 Å². The van der Waals surface area contributed by atoms with Crippen LogP contribution in [0.2, 0.25) is 0 Å². The summed E-state index contributed by atoms with van der Waals surface area (Å²) in [6, 6.07) is 16.4. The third kappa shape index (κ3) is 3.50. The van der Waals surface area contributed by atoms with Crippen LogP contribution in [0.1, 0.15) is 23.7 Å². The number of aromatic nitrogens is 3. The predicted octanol–water partition coefficient (Wildman–Crippen LogP) is 3.03. The van der Waals surface area contributed by atoms with E-state index in [1.807, 2.05) is 30.3 Å². The number of nitrogens with zero attached hydrogens (tertiary/aromatic N) is 3. The third-order valence-corrected chi connectivity index (χ3v) is 4.74. The Hall–Kier alpha value is -3.51. The second kappa shape index (κ2) is 7.62. The van der Waals surface area contributed by atoms with Gasteiger partial charge in [0.25, 0.3) is 5.56 Å². The molecule has 3 heterocycles. The van der Waals surface area contributed by atoms with Gasteiger partial charge in [-0.1, -0.05) is 6.07 Å². The number of fused-ring (bicyclic) bond motifs is 1. The molecule has 0 saturated heterocycles. The average Bonchev–Trinajstić information content (AvgIpc) is 2.72. The number of nitrogens with two attached hydrogens (primary N) is 1. The fourth-order valence-corrected chi connectivity index (χ4v) is 3.33. The highest BCUT2D eigenvalue weighted by Gasteiger charge is 2.14. The largest absolute Gasteiger partial charge is 0.399 e. The van der Waals surface area contributed by atoms with E-state index in [9.17, 15) is 9.90 Å². The molecule has 1 atom stereocenters. The van der Waals surface area contributed by atoms with Crippen molar-refractivity contribution in [3.63, 3.8) is 0 Å². The lowest BCUT2D eigenvalue weighted by molar-refractivity contribution is 0.167. The van der Waals surface area contributed by atoms with Gasteiger partial charge < -0.3 is 10.8 Å². The normalized spacial score (nSPS) is 12.2. The molecule has 0 amide bonds. The van der Waals surface area contributed by atoms with Crippen LogP contribution in [0.25, 0.3) is 16.7 Å². The fourth-order valence-electron chi connectivity index (χ4n) is 3.33. The van der Waals surface area contributed by atoms with E-state index in [4.69, 9.17) is 5.73 Å². The minimum absolute atomic E-state index is 0.154. The molecular formula is C22H20N4O2. The zero-order chi connectivity index (χ0) is 19.5. The number of aryl methyl sites for hydroxylation is 1. The molecule has 0 aliphatic carbocycles. The van der Waals surface area contributed by atoms with E-state index in [-0.39, 0.29) is 5.56 Å². The maximum atomic E-state index is 13.2. The topological polar surface area (TPSA) is 94.0 Å². The molecule has 4 rings (SSSR count). The van der Waals surface area contributed by atoms with Gasteiger partial charge in [-0.25, -0.2) is 4.98 Å². The minimum Gasteiger partial charge on any atom is -0.399 e. The minimum atomic E-state index is -0.659. The summed E-state index contributed by atoms with van der Waals surface area (Å²) in [6.07, 6.45) is 5.17. The van der Waals surface area contributed by atoms with Crippen LogP contribution >= 0.6 is 0 Å². The van der Waals surface area contributed by atoms with Crippen LogP contribution in [-0.2, 0) is 6.42 Å². The van der Waals surface area contributed by atoms with Crippen LogP contribution in [0.5, 0.6) is 0 Å². The van der Waals surface area contributed by atoms with E-state index < -0.39 is 6.10 Å². The van der Waals surface area contributed by atoms with Crippen molar-refractivity contribution in [2.24, 2.45) is 0 Å². The van der Waals surface area contributed by atoms with Crippen LogP contribution < -0.4 is 11.3 Å². The molecule has 0 saturated carbocycles. The Morgan fingerprint density at radius 1 is 1.04 bits per heavy atom. The van der Waals surface area contributed by atoms with Crippen molar-refractivity contribution in [1.29, 1.82) is 0 Å². The Morgan fingerprint density at radius 2 is 1.86 bits per heavy atom. The van der Waals surface area contributed by atoms with Gasteiger partial charge in [0.1, 0.15) is 5.65 Å². The number of hydrogen-bond acceptors (Lipinski definition) is 5. The molecule has 0 aliphatic rings. The van der Waals surface area contributed by atoms with Crippen LogP contribution in [-0.4, -0.2) is 19.6 Å². The lowest BCUT2D eigenvalue weighted by Crippen LogP contribution is -2.23. The van der Waals surface area contributed by atoms with Crippen molar-refractivity contribution in [2.75, 3.05) is 5.73 Å². The van der Waals surface area contributed by atoms with E-state index in [2.05, 4.69) is 9.97 Å². The number of benzene rings is 1. The second-order valence-corrected chi connectivity index (χ2v) is 6.66. The third-order valence-electron chi connectivity index (χ3n) is 4.74. The molecule has 0 spiro atoms. The van der Waals surface area contributed by atoms with E-state index in [0.29, 0.717) is 35.4 Å².